The summed E-state index contributed by atoms with van der Waals surface area (Å²) in [6.07, 6.45) is 1.37. The van der Waals surface area contributed by atoms with E-state index in [2.05, 4.69) is 4.90 Å². The van der Waals surface area contributed by atoms with Gasteiger partial charge in [-0.05, 0) is 41.8 Å². The fourth-order valence-corrected chi connectivity index (χ4v) is 3.15. The predicted octanol–water partition coefficient (Wildman–Crippen LogP) is 2.68. The van der Waals surface area contributed by atoms with E-state index in [-0.39, 0.29) is 11.7 Å². The zero-order chi connectivity index (χ0) is 17.6. The third kappa shape index (κ3) is 5.03. The fourth-order valence-electron chi connectivity index (χ4n) is 3.15. The molecule has 132 valence electrons. The Labute approximate surface area is 148 Å². The lowest BCUT2D eigenvalue weighted by atomic mass is 10.1. The van der Waals surface area contributed by atoms with Gasteiger partial charge in [-0.1, -0.05) is 24.3 Å². The number of benzene rings is 2. The van der Waals surface area contributed by atoms with Crippen molar-refractivity contribution in [2.75, 3.05) is 31.9 Å². The molecular weight excluding hydrogens is 317 g/mol. The molecule has 1 aliphatic rings. The highest BCUT2D eigenvalue weighted by Gasteiger charge is 2.19. The zero-order valence-electron chi connectivity index (χ0n) is 14.3. The number of carbonyl (C=O) groups excluding carboxylic acids is 1. The maximum absolute atomic E-state index is 13.0. The van der Waals surface area contributed by atoms with Crippen molar-refractivity contribution in [3.63, 3.8) is 0 Å². The van der Waals surface area contributed by atoms with Crippen LogP contribution in [0.4, 0.5) is 10.1 Å². The minimum Gasteiger partial charge on any atom is -0.399 e. The van der Waals surface area contributed by atoms with Gasteiger partial charge in [-0.25, -0.2) is 4.39 Å². The number of halogens is 1. The Hall–Kier alpha value is -2.40. The van der Waals surface area contributed by atoms with Crippen LogP contribution in [0.15, 0.2) is 48.5 Å². The van der Waals surface area contributed by atoms with Gasteiger partial charge in [0.2, 0.25) is 5.91 Å². The summed E-state index contributed by atoms with van der Waals surface area (Å²) < 4.78 is 13.0. The van der Waals surface area contributed by atoms with Gasteiger partial charge >= 0.3 is 0 Å². The van der Waals surface area contributed by atoms with Crippen LogP contribution >= 0.6 is 0 Å². The molecule has 0 aromatic heterocycles. The minimum atomic E-state index is -0.209. The SMILES string of the molecule is Nc1ccc(CC(=O)N2CCCN(Cc3ccc(F)cc3)CC2)cc1. The molecule has 3 rings (SSSR count). The quantitative estimate of drug-likeness (QED) is 0.870. The normalized spacial score (nSPS) is 15.8. The number of nitrogen functional groups attached to an aromatic ring is 1. The molecule has 0 atom stereocenters. The van der Waals surface area contributed by atoms with Gasteiger partial charge in [0.05, 0.1) is 6.42 Å². The predicted molar refractivity (Wildman–Crippen MR) is 97.4 cm³/mol. The third-order valence-electron chi connectivity index (χ3n) is 4.60. The summed E-state index contributed by atoms with van der Waals surface area (Å²) in [5.74, 6) is -0.0486. The Kier molecular flexibility index (Phi) is 5.66. The number of nitrogens with zero attached hydrogens (tertiary/aromatic N) is 2. The highest BCUT2D eigenvalue weighted by molar-refractivity contribution is 5.79. The molecule has 1 aliphatic heterocycles. The molecule has 5 heteroatoms. The lowest BCUT2D eigenvalue weighted by Crippen LogP contribution is -2.36. The smallest absolute Gasteiger partial charge is 0.227 e. The van der Waals surface area contributed by atoms with Crippen LogP contribution < -0.4 is 5.73 Å². The number of hydrogen-bond acceptors (Lipinski definition) is 3. The molecule has 25 heavy (non-hydrogen) atoms. The standard InChI is InChI=1S/C20H24FN3O/c21-18-6-2-17(3-7-18)15-23-10-1-11-24(13-12-23)20(25)14-16-4-8-19(22)9-5-16/h2-9H,1,10-15,22H2. The maximum Gasteiger partial charge on any atom is 0.227 e. The Morgan fingerprint density at radius 1 is 0.920 bits per heavy atom. The van der Waals surface area contributed by atoms with Gasteiger partial charge in [-0.15, -0.1) is 0 Å². The van der Waals surface area contributed by atoms with Crippen molar-refractivity contribution in [1.82, 2.24) is 9.80 Å². The van der Waals surface area contributed by atoms with E-state index in [0.29, 0.717) is 12.1 Å². The Bertz CT molecular complexity index is 700. The van der Waals surface area contributed by atoms with E-state index in [4.69, 9.17) is 5.73 Å². The average molecular weight is 341 g/mol. The summed E-state index contributed by atoms with van der Waals surface area (Å²) in [4.78, 5) is 16.8. The van der Waals surface area contributed by atoms with E-state index in [1.165, 1.54) is 12.1 Å². The van der Waals surface area contributed by atoms with Gasteiger partial charge < -0.3 is 10.6 Å². The van der Waals surface area contributed by atoms with Crippen molar-refractivity contribution >= 4 is 11.6 Å². The van der Waals surface area contributed by atoms with Crippen molar-refractivity contribution < 1.29 is 9.18 Å². The Morgan fingerprint density at radius 3 is 2.32 bits per heavy atom. The first-order valence-electron chi connectivity index (χ1n) is 8.69. The molecule has 0 unspecified atom stereocenters. The molecule has 2 aromatic rings. The summed E-state index contributed by atoms with van der Waals surface area (Å²) in [6.45, 7) is 4.09. The van der Waals surface area contributed by atoms with E-state index < -0.39 is 0 Å². The largest absolute Gasteiger partial charge is 0.399 e. The van der Waals surface area contributed by atoms with Crippen molar-refractivity contribution in [2.45, 2.75) is 19.4 Å². The van der Waals surface area contributed by atoms with Crippen LogP contribution in [-0.2, 0) is 17.8 Å². The summed E-state index contributed by atoms with van der Waals surface area (Å²) in [5, 5.41) is 0. The van der Waals surface area contributed by atoms with E-state index >= 15 is 0 Å². The average Bonchev–Trinajstić information content (AvgIpc) is 2.85. The van der Waals surface area contributed by atoms with Crippen LogP contribution in [-0.4, -0.2) is 41.9 Å². The summed E-state index contributed by atoms with van der Waals surface area (Å²) in [5.41, 5.74) is 8.49. The van der Waals surface area contributed by atoms with Gasteiger partial charge in [-0.2, -0.15) is 0 Å². The first kappa shape index (κ1) is 17.4. The molecule has 2 N–H and O–H groups in total. The first-order valence-corrected chi connectivity index (χ1v) is 8.69. The van der Waals surface area contributed by atoms with E-state index in [0.717, 1.165) is 50.3 Å². The molecular formula is C20H24FN3O. The van der Waals surface area contributed by atoms with E-state index in [1.54, 1.807) is 0 Å². The second-order valence-electron chi connectivity index (χ2n) is 6.56. The van der Waals surface area contributed by atoms with Crippen LogP contribution in [0.5, 0.6) is 0 Å². The van der Waals surface area contributed by atoms with Gasteiger partial charge in [0.25, 0.3) is 0 Å². The van der Waals surface area contributed by atoms with Crippen LogP contribution in [0.3, 0.4) is 0 Å². The number of nitrogens with two attached hydrogens (primary N) is 1. The maximum atomic E-state index is 13.0. The van der Waals surface area contributed by atoms with Crippen molar-refractivity contribution in [2.24, 2.45) is 0 Å². The molecule has 1 saturated heterocycles. The molecule has 0 bridgehead atoms. The molecule has 0 radical (unpaired) electrons. The monoisotopic (exact) mass is 341 g/mol. The van der Waals surface area contributed by atoms with Crippen LogP contribution in [0, 0.1) is 5.82 Å². The van der Waals surface area contributed by atoms with Gasteiger partial charge in [0.15, 0.2) is 0 Å². The molecule has 1 amide bonds. The number of anilines is 1. The van der Waals surface area contributed by atoms with Crippen molar-refractivity contribution in [3.8, 4) is 0 Å². The van der Waals surface area contributed by atoms with Crippen LogP contribution in [0.1, 0.15) is 17.5 Å². The molecule has 1 heterocycles. The molecule has 2 aromatic carbocycles. The Morgan fingerprint density at radius 2 is 1.60 bits per heavy atom. The third-order valence-corrected chi connectivity index (χ3v) is 4.60. The number of hydrogen-bond donors (Lipinski definition) is 1. The second-order valence-corrected chi connectivity index (χ2v) is 6.56. The zero-order valence-corrected chi connectivity index (χ0v) is 14.3. The van der Waals surface area contributed by atoms with Crippen LogP contribution in [0.2, 0.25) is 0 Å². The molecule has 0 saturated carbocycles. The van der Waals surface area contributed by atoms with Gasteiger partial charge in [0.1, 0.15) is 5.82 Å². The lowest BCUT2D eigenvalue weighted by Gasteiger charge is -2.22. The van der Waals surface area contributed by atoms with Crippen LogP contribution in [0.25, 0.3) is 0 Å². The fraction of sp³-hybridized carbons (Fsp3) is 0.350. The summed E-state index contributed by atoms with van der Waals surface area (Å²) >= 11 is 0. The highest BCUT2D eigenvalue weighted by atomic mass is 19.1. The van der Waals surface area contributed by atoms with Gasteiger partial charge in [0, 0.05) is 38.4 Å². The minimum absolute atomic E-state index is 0.161. The number of amides is 1. The second kappa shape index (κ2) is 8.12. The van der Waals surface area contributed by atoms with E-state index in [9.17, 15) is 9.18 Å². The Balaban J connectivity index is 1.52. The summed E-state index contributed by atoms with van der Waals surface area (Å²) in [7, 11) is 0. The number of rotatable bonds is 4. The van der Waals surface area contributed by atoms with E-state index in [1.807, 2.05) is 41.3 Å². The van der Waals surface area contributed by atoms with Crippen molar-refractivity contribution in [3.05, 3.63) is 65.5 Å². The molecule has 0 aliphatic carbocycles. The molecule has 0 spiro atoms. The summed E-state index contributed by atoms with van der Waals surface area (Å²) in [6, 6.07) is 14.1. The van der Waals surface area contributed by atoms with Gasteiger partial charge in [-0.3, -0.25) is 9.69 Å². The first-order chi connectivity index (χ1) is 12.1. The van der Waals surface area contributed by atoms with Crippen molar-refractivity contribution in [1.29, 1.82) is 0 Å². The molecule has 4 nitrogen and oxygen atoms in total. The lowest BCUT2D eigenvalue weighted by molar-refractivity contribution is -0.130. The molecule has 1 fully saturated rings. The topological polar surface area (TPSA) is 49.6 Å². The number of carbonyl (C=O) groups is 1. The highest BCUT2D eigenvalue weighted by Crippen LogP contribution is 2.12.